The van der Waals surface area contributed by atoms with Crippen LogP contribution in [0.15, 0.2) is 0 Å². The molecule has 0 aliphatic heterocycles. The smallest absolute Gasteiger partial charge is 0.367 e. The van der Waals surface area contributed by atoms with E-state index >= 15 is 0 Å². The number of hydrogen-bond acceptors (Lipinski definition) is 2. The molecule has 0 heterocycles. The molecule has 0 amide bonds. The van der Waals surface area contributed by atoms with Gasteiger partial charge in [0.15, 0.2) is 0 Å². The maximum Gasteiger partial charge on any atom is 0.411 e. The minimum atomic E-state index is -4.21. The Morgan fingerprint density at radius 2 is 2.08 bits per heavy atom. The van der Waals surface area contributed by atoms with Crippen LogP contribution in [0.4, 0.5) is 13.2 Å². The van der Waals surface area contributed by atoms with Crippen LogP contribution in [0.1, 0.15) is 19.3 Å². The van der Waals surface area contributed by atoms with E-state index in [1.54, 1.807) is 7.05 Å². The largest absolute Gasteiger partial charge is 0.411 e. The highest BCUT2D eigenvalue weighted by molar-refractivity contribution is 4.83. The highest BCUT2D eigenvalue weighted by atomic mass is 19.4. The van der Waals surface area contributed by atoms with Gasteiger partial charge in [0.1, 0.15) is 6.61 Å². The lowest BCUT2D eigenvalue weighted by atomic mass is 10.2. The first-order valence-electron chi connectivity index (χ1n) is 4.38. The maximum absolute atomic E-state index is 11.8. The molecule has 1 aliphatic carbocycles. The van der Waals surface area contributed by atoms with Gasteiger partial charge in [-0.05, 0) is 26.3 Å². The van der Waals surface area contributed by atoms with Gasteiger partial charge in [-0.25, -0.2) is 0 Å². The summed E-state index contributed by atoms with van der Waals surface area (Å²) < 4.78 is 40.2. The Morgan fingerprint density at radius 3 is 2.62 bits per heavy atom. The summed E-state index contributed by atoms with van der Waals surface area (Å²) in [5, 5.41) is 2.96. The van der Waals surface area contributed by atoms with Crippen molar-refractivity contribution in [3.8, 4) is 0 Å². The summed E-state index contributed by atoms with van der Waals surface area (Å²) in [5.41, 5.74) is 0. The third kappa shape index (κ3) is 3.52. The monoisotopic (exact) mass is 197 g/mol. The van der Waals surface area contributed by atoms with Crippen LogP contribution in [0.5, 0.6) is 0 Å². The van der Waals surface area contributed by atoms with Crippen molar-refractivity contribution in [3.05, 3.63) is 0 Å². The van der Waals surface area contributed by atoms with E-state index in [-0.39, 0.29) is 12.1 Å². The first kappa shape index (κ1) is 10.8. The Kier molecular flexibility index (Phi) is 3.55. The van der Waals surface area contributed by atoms with Crippen molar-refractivity contribution in [2.45, 2.75) is 37.6 Å². The van der Waals surface area contributed by atoms with Crippen molar-refractivity contribution in [1.29, 1.82) is 0 Å². The summed E-state index contributed by atoms with van der Waals surface area (Å²) in [7, 11) is 1.75. The summed E-state index contributed by atoms with van der Waals surface area (Å²) in [6, 6.07) is 0.0855. The molecule has 1 aliphatic rings. The second-order valence-electron chi connectivity index (χ2n) is 3.29. The second-order valence-corrected chi connectivity index (χ2v) is 3.29. The van der Waals surface area contributed by atoms with Gasteiger partial charge >= 0.3 is 6.18 Å². The number of rotatable bonds is 3. The van der Waals surface area contributed by atoms with Crippen molar-refractivity contribution in [2.75, 3.05) is 13.7 Å². The fourth-order valence-corrected chi connectivity index (χ4v) is 1.66. The minimum Gasteiger partial charge on any atom is -0.367 e. The summed E-state index contributed by atoms with van der Waals surface area (Å²) >= 11 is 0. The van der Waals surface area contributed by atoms with E-state index in [4.69, 9.17) is 4.74 Å². The average molecular weight is 197 g/mol. The van der Waals surface area contributed by atoms with Crippen LogP contribution in [0.3, 0.4) is 0 Å². The molecule has 0 bridgehead atoms. The molecule has 1 fully saturated rings. The van der Waals surface area contributed by atoms with Gasteiger partial charge < -0.3 is 10.1 Å². The Balaban J connectivity index is 2.28. The Bertz CT molecular complexity index is 160. The molecule has 0 radical (unpaired) electrons. The van der Waals surface area contributed by atoms with Crippen LogP contribution in [-0.2, 0) is 4.74 Å². The molecule has 1 saturated carbocycles. The Hall–Kier alpha value is -0.290. The van der Waals surface area contributed by atoms with E-state index in [2.05, 4.69) is 5.32 Å². The molecule has 13 heavy (non-hydrogen) atoms. The Morgan fingerprint density at radius 1 is 1.38 bits per heavy atom. The molecule has 1 rings (SSSR count). The molecule has 2 nitrogen and oxygen atoms in total. The van der Waals surface area contributed by atoms with E-state index in [1.807, 2.05) is 0 Å². The van der Waals surface area contributed by atoms with Crippen molar-refractivity contribution in [1.82, 2.24) is 5.32 Å². The van der Waals surface area contributed by atoms with E-state index in [0.29, 0.717) is 0 Å². The lowest BCUT2D eigenvalue weighted by Crippen LogP contribution is -2.36. The topological polar surface area (TPSA) is 21.3 Å². The second kappa shape index (κ2) is 4.28. The van der Waals surface area contributed by atoms with Crippen molar-refractivity contribution in [2.24, 2.45) is 0 Å². The number of likely N-dealkylation sites (N-methyl/N-ethyl adjacent to an activating group) is 1. The highest BCUT2D eigenvalue weighted by Gasteiger charge is 2.33. The van der Waals surface area contributed by atoms with Crippen LogP contribution >= 0.6 is 0 Å². The molecule has 0 aromatic rings. The standard InChI is InChI=1S/C8H14F3NO/c1-12-6-3-2-4-7(6)13-5-8(9,10)11/h6-7,12H,2-5H2,1H3. The number of alkyl halides is 3. The summed E-state index contributed by atoms with van der Waals surface area (Å²) in [6.07, 6.45) is -1.91. The first-order valence-corrected chi connectivity index (χ1v) is 4.38. The normalized spacial score (nSPS) is 29.5. The van der Waals surface area contributed by atoms with Gasteiger partial charge in [0.25, 0.3) is 0 Å². The molecule has 0 spiro atoms. The number of ether oxygens (including phenoxy) is 1. The van der Waals surface area contributed by atoms with Crippen molar-refractivity contribution in [3.63, 3.8) is 0 Å². The van der Waals surface area contributed by atoms with Gasteiger partial charge in [0, 0.05) is 6.04 Å². The first-order chi connectivity index (χ1) is 6.03. The van der Waals surface area contributed by atoms with Crippen LogP contribution in [-0.4, -0.2) is 32.0 Å². The number of nitrogens with one attached hydrogen (secondary N) is 1. The van der Waals surface area contributed by atoms with E-state index in [0.717, 1.165) is 19.3 Å². The van der Waals surface area contributed by atoms with Crippen LogP contribution in [0, 0.1) is 0 Å². The van der Waals surface area contributed by atoms with Crippen molar-refractivity contribution < 1.29 is 17.9 Å². The van der Waals surface area contributed by atoms with Crippen LogP contribution in [0.2, 0.25) is 0 Å². The van der Waals surface area contributed by atoms with Gasteiger partial charge in [-0.3, -0.25) is 0 Å². The molecule has 5 heteroatoms. The molecule has 0 aromatic carbocycles. The third-order valence-corrected chi connectivity index (χ3v) is 2.28. The lowest BCUT2D eigenvalue weighted by molar-refractivity contribution is -0.186. The predicted octanol–water partition coefficient (Wildman–Crippen LogP) is 1.71. The van der Waals surface area contributed by atoms with E-state index in [9.17, 15) is 13.2 Å². The molecule has 78 valence electrons. The fraction of sp³-hybridized carbons (Fsp3) is 1.00. The average Bonchev–Trinajstić information content (AvgIpc) is 2.46. The number of hydrogen-bond donors (Lipinski definition) is 1. The predicted molar refractivity (Wildman–Crippen MR) is 42.5 cm³/mol. The number of halogens is 3. The molecule has 0 aromatic heterocycles. The Labute approximate surface area is 75.4 Å². The zero-order valence-electron chi connectivity index (χ0n) is 7.53. The van der Waals surface area contributed by atoms with Gasteiger partial charge in [-0.2, -0.15) is 13.2 Å². The van der Waals surface area contributed by atoms with Crippen LogP contribution in [0.25, 0.3) is 0 Å². The summed E-state index contributed by atoms with van der Waals surface area (Å²) in [6.45, 7) is -1.13. The molecule has 0 saturated heterocycles. The van der Waals surface area contributed by atoms with Gasteiger partial charge in [-0.15, -0.1) is 0 Å². The SMILES string of the molecule is CNC1CCCC1OCC(F)(F)F. The molecule has 2 unspecified atom stereocenters. The minimum absolute atomic E-state index is 0.0855. The van der Waals surface area contributed by atoms with E-state index in [1.165, 1.54) is 0 Å². The van der Waals surface area contributed by atoms with Crippen molar-refractivity contribution >= 4 is 0 Å². The van der Waals surface area contributed by atoms with Gasteiger partial charge in [0.2, 0.25) is 0 Å². The molecule has 1 N–H and O–H groups in total. The fourth-order valence-electron chi connectivity index (χ4n) is 1.66. The van der Waals surface area contributed by atoms with Gasteiger partial charge in [-0.1, -0.05) is 0 Å². The zero-order chi connectivity index (χ0) is 9.90. The maximum atomic E-state index is 11.8. The van der Waals surface area contributed by atoms with Crippen LogP contribution < -0.4 is 5.32 Å². The molecular weight excluding hydrogens is 183 g/mol. The summed E-state index contributed by atoms with van der Waals surface area (Å²) in [5.74, 6) is 0. The summed E-state index contributed by atoms with van der Waals surface area (Å²) in [4.78, 5) is 0. The van der Waals surface area contributed by atoms with E-state index < -0.39 is 12.8 Å². The third-order valence-electron chi connectivity index (χ3n) is 2.28. The molecule has 2 atom stereocenters. The lowest BCUT2D eigenvalue weighted by Gasteiger charge is -2.20. The quantitative estimate of drug-likeness (QED) is 0.743. The molecular formula is C8H14F3NO. The van der Waals surface area contributed by atoms with Gasteiger partial charge in [0.05, 0.1) is 6.10 Å². The highest BCUT2D eigenvalue weighted by Crippen LogP contribution is 2.24. The zero-order valence-corrected chi connectivity index (χ0v) is 7.53.